The smallest absolute Gasteiger partial charge is 0.184 e. The van der Waals surface area contributed by atoms with Crippen molar-refractivity contribution in [1.29, 1.82) is 0 Å². The molecular formula is C16H20O3. The van der Waals surface area contributed by atoms with Gasteiger partial charge in [0.05, 0.1) is 19.8 Å². The van der Waals surface area contributed by atoms with Crippen molar-refractivity contribution in [1.82, 2.24) is 0 Å². The zero-order valence-corrected chi connectivity index (χ0v) is 11.6. The minimum Gasteiger partial charge on any atom is -0.497 e. The van der Waals surface area contributed by atoms with E-state index in [9.17, 15) is 0 Å². The van der Waals surface area contributed by atoms with Crippen molar-refractivity contribution in [2.45, 2.75) is 26.2 Å². The first-order valence-corrected chi connectivity index (χ1v) is 6.53. The Kier molecular flexibility index (Phi) is 4.47. The first-order valence-electron chi connectivity index (χ1n) is 6.53. The molecule has 1 heterocycles. The molecule has 1 aromatic carbocycles. The van der Waals surface area contributed by atoms with Gasteiger partial charge >= 0.3 is 0 Å². The van der Waals surface area contributed by atoms with Crippen molar-refractivity contribution in [3.63, 3.8) is 0 Å². The molecule has 2 rings (SSSR count). The number of terminal acetylenes is 1. The SMILES string of the molecule is C#C[C@H](C)[C@@H]1OC(c2ccc(OC)cc2)OC[C@@H]1C. The Bertz CT molecular complexity index is 446. The molecule has 0 bridgehead atoms. The van der Waals surface area contributed by atoms with Gasteiger partial charge in [-0.3, -0.25) is 0 Å². The van der Waals surface area contributed by atoms with E-state index in [1.807, 2.05) is 31.2 Å². The molecule has 4 atom stereocenters. The van der Waals surface area contributed by atoms with Gasteiger partial charge in [0.25, 0.3) is 0 Å². The predicted molar refractivity (Wildman–Crippen MR) is 73.7 cm³/mol. The van der Waals surface area contributed by atoms with Gasteiger partial charge in [-0.05, 0) is 19.1 Å². The number of benzene rings is 1. The summed E-state index contributed by atoms with van der Waals surface area (Å²) in [6.07, 6.45) is 5.19. The van der Waals surface area contributed by atoms with Crippen LogP contribution in [0.1, 0.15) is 25.7 Å². The van der Waals surface area contributed by atoms with Crippen LogP contribution in [0.3, 0.4) is 0 Å². The first kappa shape index (κ1) is 13.9. The lowest BCUT2D eigenvalue weighted by molar-refractivity contribution is -0.245. The van der Waals surface area contributed by atoms with Crippen LogP contribution in [-0.4, -0.2) is 19.8 Å². The molecule has 0 amide bonds. The Balaban J connectivity index is 2.10. The van der Waals surface area contributed by atoms with E-state index in [0.717, 1.165) is 11.3 Å². The van der Waals surface area contributed by atoms with Gasteiger partial charge in [-0.1, -0.05) is 19.1 Å². The Labute approximate surface area is 114 Å². The van der Waals surface area contributed by atoms with E-state index in [4.69, 9.17) is 20.6 Å². The number of hydrogen-bond donors (Lipinski definition) is 0. The Hall–Kier alpha value is -1.50. The number of methoxy groups -OCH3 is 1. The molecule has 0 N–H and O–H groups in total. The van der Waals surface area contributed by atoms with Gasteiger partial charge in [0.1, 0.15) is 5.75 Å². The van der Waals surface area contributed by atoms with Crippen molar-refractivity contribution < 1.29 is 14.2 Å². The first-order chi connectivity index (χ1) is 9.15. The van der Waals surface area contributed by atoms with Gasteiger partial charge in [0, 0.05) is 17.4 Å². The van der Waals surface area contributed by atoms with Gasteiger partial charge in [-0.15, -0.1) is 12.3 Å². The lowest BCUT2D eigenvalue weighted by Crippen LogP contribution is -2.38. The maximum Gasteiger partial charge on any atom is 0.184 e. The largest absolute Gasteiger partial charge is 0.497 e. The highest BCUT2D eigenvalue weighted by molar-refractivity contribution is 5.28. The van der Waals surface area contributed by atoms with Crippen LogP contribution in [-0.2, 0) is 9.47 Å². The Morgan fingerprint density at radius 2 is 2.05 bits per heavy atom. The third-order valence-electron chi connectivity index (χ3n) is 3.50. The summed E-state index contributed by atoms with van der Waals surface area (Å²) in [5, 5.41) is 0. The molecule has 1 aliphatic rings. The second kappa shape index (κ2) is 6.10. The fourth-order valence-electron chi connectivity index (χ4n) is 2.29. The van der Waals surface area contributed by atoms with Crippen LogP contribution in [0.15, 0.2) is 24.3 Å². The molecule has 1 fully saturated rings. The van der Waals surface area contributed by atoms with Gasteiger partial charge < -0.3 is 14.2 Å². The maximum atomic E-state index is 6.01. The molecule has 1 unspecified atom stereocenters. The van der Waals surface area contributed by atoms with E-state index in [-0.39, 0.29) is 18.3 Å². The van der Waals surface area contributed by atoms with Crippen LogP contribution in [0.4, 0.5) is 0 Å². The van der Waals surface area contributed by atoms with Crippen LogP contribution < -0.4 is 4.74 Å². The molecule has 0 aliphatic carbocycles. The fraction of sp³-hybridized carbons (Fsp3) is 0.500. The molecule has 3 heteroatoms. The maximum absolute atomic E-state index is 6.01. The molecule has 0 saturated carbocycles. The molecule has 1 aliphatic heterocycles. The Morgan fingerprint density at radius 1 is 1.37 bits per heavy atom. The van der Waals surface area contributed by atoms with Crippen molar-refractivity contribution in [2.75, 3.05) is 13.7 Å². The summed E-state index contributed by atoms with van der Waals surface area (Å²) >= 11 is 0. The zero-order chi connectivity index (χ0) is 13.8. The zero-order valence-electron chi connectivity index (χ0n) is 11.6. The molecular weight excluding hydrogens is 240 g/mol. The van der Waals surface area contributed by atoms with E-state index in [0.29, 0.717) is 12.5 Å². The van der Waals surface area contributed by atoms with E-state index < -0.39 is 0 Å². The van der Waals surface area contributed by atoms with Gasteiger partial charge in [-0.25, -0.2) is 0 Å². The van der Waals surface area contributed by atoms with Crippen molar-refractivity contribution in [3.8, 4) is 18.1 Å². The molecule has 0 spiro atoms. The highest BCUT2D eigenvalue weighted by atomic mass is 16.7. The minimum absolute atomic E-state index is 0.0332. The van der Waals surface area contributed by atoms with E-state index >= 15 is 0 Å². The summed E-state index contributed by atoms with van der Waals surface area (Å²) in [4.78, 5) is 0. The average molecular weight is 260 g/mol. The van der Waals surface area contributed by atoms with Gasteiger partial charge in [0.15, 0.2) is 6.29 Å². The summed E-state index contributed by atoms with van der Waals surface area (Å²) in [6.45, 7) is 4.77. The van der Waals surface area contributed by atoms with Crippen molar-refractivity contribution in [2.24, 2.45) is 11.8 Å². The second-order valence-electron chi connectivity index (χ2n) is 4.97. The lowest BCUT2D eigenvalue weighted by Gasteiger charge is -2.36. The molecule has 102 valence electrons. The summed E-state index contributed by atoms with van der Waals surface area (Å²) in [5.74, 6) is 3.96. The summed E-state index contributed by atoms with van der Waals surface area (Å²) in [6, 6.07) is 7.72. The van der Waals surface area contributed by atoms with Crippen LogP contribution in [0.25, 0.3) is 0 Å². The quantitative estimate of drug-likeness (QED) is 0.782. The topological polar surface area (TPSA) is 27.7 Å². The van der Waals surface area contributed by atoms with Crippen molar-refractivity contribution >= 4 is 0 Å². The van der Waals surface area contributed by atoms with Crippen LogP contribution in [0, 0.1) is 24.2 Å². The number of ether oxygens (including phenoxy) is 3. The standard InChI is InChI=1S/C16H20O3/c1-5-11(2)15-12(3)10-18-16(19-15)13-6-8-14(17-4)9-7-13/h1,6-9,11-12,15-16H,10H2,2-4H3/t11-,12-,15-,16?/m0/s1. The number of hydrogen-bond acceptors (Lipinski definition) is 3. The third kappa shape index (κ3) is 3.09. The molecule has 0 radical (unpaired) electrons. The van der Waals surface area contributed by atoms with E-state index in [1.165, 1.54) is 0 Å². The highest BCUT2D eigenvalue weighted by Gasteiger charge is 2.32. The highest BCUT2D eigenvalue weighted by Crippen LogP contribution is 2.32. The molecule has 1 aromatic rings. The van der Waals surface area contributed by atoms with E-state index in [2.05, 4.69) is 12.8 Å². The third-order valence-corrected chi connectivity index (χ3v) is 3.50. The number of rotatable bonds is 3. The van der Waals surface area contributed by atoms with Crippen molar-refractivity contribution in [3.05, 3.63) is 29.8 Å². The minimum atomic E-state index is -0.345. The predicted octanol–water partition coefficient (Wildman–Crippen LogP) is 3.01. The van der Waals surface area contributed by atoms with Crippen LogP contribution in [0.2, 0.25) is 0 Å². The molecule has 3 nitrogen and oxygen atoms in total. The summed E-state index contributed by atoms with van der Waals surface area (Å²) in [5.41, 5.74) is 0.988. The normalized spacial score (nSPS) is 28.4. The fourth-order valence-corrected chi connectivity index (χ4v) is 2.29. The average Bonchev–Trinajstić information content (AvgIpc) is 2.47. The molecule has 0 aromatic heterocycles. The van der Waals surface area contributed by atoms with Crippen LogP contribution >= 0.6 is 0 Å². The Morgan fingerprint density at radius 3 is 2.63 bits per heavy atom. The lowest BCUT2D eigenvalue weighted by atomic mass is 9.93. The van der Waals surface area contributed by atoms with Crippen LogP contribution in [0.5, 0.6) is 5.75 Å². The molecule has 19 heavy (non-hydrogen) atoms. The summed E-state index contributed by atoms with van der Waals surface area (Å²) < 4.78 is 16.9. The van der Waals surface area contributed by atoms with Gasteiger partial charge in [0.2, 0.25) is 0 Å². The molecule has 1 saturated heterocycles. The van der Waals surface area contributed by atoms with Gasteiger partial charge in [-0.2, -0.15) is 0 Å². The summed E-state index contributed by atoms with van der Waals surface area (Å²) in [7, 11) is 1.65. The second-order valence-corrected chi connectivity index (χ2v) is 4.97. The van der Waals surface area contributed by atoms with E-state index in [1.54, 1.807) is 7.11 Å². The monoisotopic (exact) mass is 260 g/mol.